The summed E-state index contributed by atoms with van der Waals surface area (Å²) in [5.74, 6) is 1.53. The summed E-state index contributed by atoms with van der Waals surface area (Å²) in [5, 5.41) is 15.1. The number of hydrazone groups is 1. The molecule has 134 valence electrons. The van der Waals surface area contributed by atoms with Crippen LogP contribution in [0.2, 0.25) is 0 Å². The predicted molar refractivity (Wildman–Crippen MR) is 90.9 cm³/mol. The molecule has 0 spiro atoms. The molecule has 0 unspecified atom stereocenters. The molecule has 0 bridgehead atoms. The molecule has 0 aromatic heterocycles. The van der Waals surface area contributed by atoms with Gasteiger partial charge in [-0.15, -0.1) is 0 Å². The Labute approximate surface area is 145 Å². The number of ether oxygens (including phenoxy) is 2. The molecule has 25 heavy (non-hydrogen) atoms. The highest BCUT2D eigenvalue weighted by Crippen LogP contribution is 2.55. The molecule has 2 atom stereocenters. The first-order valence-corrected chi connectivity index (χ1v) is 8.30. The van der Waals surface area contributed by atoms with Gasteiger partial charge in [0.05, 0.1) is 37.0 Å². The molecule has 1 aromatic carbocycles. The predicted octanol–water partition coefficient (Wildman–Crippen LogP) is 2.50. The molecular formula is C17H21N3O5. The average Bonchev–Trinajstić information content (AvgIpc) is 3.35. The van der Waals surface area contributed by atoms with Crippen molar-refractivity contribution in [2.75, 3.05) is 14.2 Å². The number of carbonyl (C=O) groups is 1. The van der Waals surface area contributed by atoms with Gasteiger partial charge in [-0.2, -0.15) is 5.10 Å². The standard InChI is InChI=1S/C17H21N3O5/c1-24-14-7-10(13(20(22)23)8-15(14)25-2)9-18-19-17(21)16-11-5-3-4-6-12(11)16/h7-9,11-12,16H,3-6H2,1-2H3,(H,19,21)/b18-9-/t11-,12-/m0/s1. The lowest BCUT2D eigenvalue weighted by Gasteiger charge is -2.08. The van der Waals surface area contributed by atoms with Crippen molar-refractivity contribution in [3.63, 3.8) is 0 Å². The highest BCUT2D eigenvalue weighted by Gasteiger charge is 2.54. The number of nitrogens with one attached hydrogen (secondary N) is 1. The number of nitrogens with zero attached hydrogens (tertiary/aromatic N) is 2. The first kappa shape index (κ1) is 17.2. The molecule has 8 heteroatoms. The van der Waals surface area contributed by atoms with Gasteiger partial charge in [0.15, 0.2) is 11.5 Å². The zero-order valence-corrected chi connectivity index (χ0v) is 14.2. The highest BCUT2D eigenvalue weighted by molar-refractivity contribution is 5.89. The van der Waals surface area contributed by atoms with Crippen LogP contribution in [0.1, 0.15) is 31.2 Å². The van der Waals surface area contributed by atoms with Crippen LogP contribution in [0.4, 0.5) is 5.69 Å². The van der Waals surface area contributed by atoms with Gasteiger partial charge in [0, 0.05) is 5.92 Å². The number of hydrogen-bond acceptors (Lipinski definition) is 6. The smallest absolute Gasteiger partial charge is 0.282 e. The molecule has 1 N–H and O–H groups in total. The molecule has 0 heterocycles. The Morgan fingerprint density at radius 1 is 1.24 bits per heavy atom. The maximum Gasteiger partial charge on any atom is 0.282 e. The number of carbonyl (C=O) groups excluding carboxylic acids is 1. The quantitative estimate of drug-likeness (QED) is 0.484. The molecule has 8 nitrogen and oxygen atoms in total. The summed E-state index contributed by atoms with van der Waals surface area (Å²) < 4.78 is 10.2. The van der Waals surface area contributed by atoms with Crippen molar-refractivity contribution >= 4 is 17.8 Å². The number of amides is 1. The Balaban J connectivity index is 1.72. The van der Waals surface area contributed by atoms with E-state index in [1.807, 2.05) is 0 Å². The van der Waals surface area contributed by atoms with Crippen LogP contribution in [0, 0.1) is 27.9 Å². The molecule has 2 aliphatic carbocycles. The third-order valence-electron chi connectivity index (χ3n) is 5.07. The first-order valence-electron chi connectivity index (χ1n) is 8.30. The lowest BCUT2D eigenvalue weighted by atomic mass is 10.0. The van der Waals surface area contributed by atoms with Crippen molar-refractivity contribution in [3.05, 3.63) is 27.8 Å². The monoisotopic (exact) mass is 347 g/mol. The largest absolute Gasteiger partial charge is 0.493 e. The van der Waals surface area contributed by atoms with Gasteiger partial charge in [0.2, 0.25) is 5.91 Å². The minimum absolute atomic E-state index is 0.0417. The van der Waals surface area contributed by atoms with E-state index in [0.29, 0.717) is 17.6 Å². The molecular weight excluding hydrogens is 326 g/mol. The van der Waals surface area contributed by atoms with E-state index in [1.54, 1.807) is 0 Å². The summed E-state index contributed by atoms with van der Waals surface area (Å²) in [7, 11) is 2.85. The van der Waals surface area contributed by atoms with E-state index >= 15 is 0 Å². The molecule has 0 radical (unpaired) electrons. The van der Waals surface area contributed by atoms with Crippen LogP contribution >= 0.6 is 0 Å². The number of benzene rings is 1. The topological polar surface area (TPSA) is 103 Å². The van der Waals surface area contributed by atoms with Crippen molar-refractivity contribution in [2.45, 2.75) is 25.7 Å². The molecule has 2 fully saturated rings. The van der Waals surface area contributed by atoms with Gasteiger partial charge in [0.1, 0.15) is 0 Å². The van der Waals surface area contributed by atoms with E-state index in [2.05, 4.69) is 10.5 Å². The van der Waals surface area contributed by atoms with Gasteiger partial charge in [-0.25, -0.2) is 5.43 Å². The van der Waals surface area contributed by atoms with E-state index in [4.69, 9.17) is 9.47 Å². The Bertz CT molecular complexity index is 706. The minimum Gasteiger partial charge on any atom is -0.493 e. The van der Waals surface area contributed by atoms with Gasteiger partial charge in [-0.05, 0) is 30.7 Å². The van der Waals surface area contributed by atoms with Crippen molar-refractivity contribution in [3.8, 4) is 11.5 Å². The number of methoxy groups -OCH3 is 2. The highest BCUT2D eigenvalue weighted by atomic mass is 16.6. The number of hydrogen-bond donors (Lipinski definition) is 1. The van der Waals surface area contributed by atoms with E-state index in [1.165, 1.54) is 45.4 Å². The summed E-state index contributed by atoms with van der Waals surface area (Å²) >= 11 is 0. The lowest BCUT2D eigenvalue weighted by Crippen LogP contribution is -2.21. The van der Waals surface area contributed by atoms with E-state index in [9.17, 15) is 14.9 Å². The first-order chi connectivity index (χ1) is 12.1. The van der Waals surface area contributed by atoms with Gasteiger partial charge in [-0.3, -0.25) is 14.9 Å². The second-order valence-electron chi connectivity index (χ2n) is 6.40. The second-order valence-corrected chi connectivity index (χ2v) is 6.40. The van der Waals surface area contributed by atoms with Gasteiger partial charge in [0.25, 0.3) is 5.69 Å². The third-order valence-corrected chi connectivity index (χ3v) is 5.07. The fourth-order valence-electron chi connectivity index (χ4n) is 3.77. The number of nitro groups is 1. The third kappa shape index (κ3) is 3.42. The van der Waals surface area contributed by atoms with Gasteiger partial charge >= 0.3 is 0 Å². The summed E-state index contributed by atoms with van der Waals surface area (Å²) in [6.07, 6.45) is 5.85. The van der Waals surface area contributed by atoms with Crippen LogP contribution in [0.3, 0.4) is 0 Å². The molecule has 2 saturated carbocycles. The Morgan fingerprint density at radius 2 is 1.84 bits per heavy atom. The minimum atomic E-state index is -0.527. The number of fused-ring (bicyclic) bond motifs is 1. The van der Waals surface area contributed by atoms with Crippen LogP contribution in [-0.4, -0.2) is 31.3 Å². The number of rotatable bonds is 6. The van der Waals surface area contributed by atoms with Crippen molar-refractivity contribution < 1.29 is 19.2 Å². The molecule has 1 aromatic rings. The van der Waals surface area contributed by atoms with Crippen molar-refractivity contribution in [2.24, 2.45) is 22.9 Å². The molecule has 0 saturated heterocycles. The molecule has 2 aliphatic rings. The Kier molecular flexibility index (Phi) is 4.87. The molecule has 0 aliphatic heterocycles. The van der Waals surface area contributed by atoms with Crippen molar-refractivity contribution in [1.82, 2.24) is 5.43 Å². The van der Waals surface area contributed by atoms with Gasteiger partial charge < -0.3 is 9.47 Å². The SMILES string of the molecule is COc1cc(/C=N\NC(=O)C2[C@H]3CCCC[C@H]23)c([N+](=O)[O-])cc1OC. The maximum absolute atomic E-state index is 12.2. The summed E-state index contributed by atoms with van der Waals surface area (Å²) in [6.45, 7) is 0. The zero-order valence-electron chi connectivity index (χ0n) is 14.2. The Hall–Kier alpha value is -2.64. The van der Waals surface area contributed by atoms with Crippen LogP contribution in [0.15, 0.2) is 17.2 Å². The van der Waals surface area contributed by atoms with E-state index in [-0.39, 0.29) is 28.8 Å². The summed E-state index contributed by atoms with van der Waals surface area (Å²) in [4.78, 5) is 22.9. The van der Waals surface area contributed by atoms with Crippen LogP contribution in [0.5, 0.6) is 11.5 Å². The fourth-order valence-corrected chi connectivity index (χ4v) is 3.77. The van der Waals surface area contributed by atoms with Gasteiger partial charge in [-0.1, -0.05) is 12.8 Å². The van der Waals surface area contributed by atoms with E-state index < -0.39 is 4.92 Å². The van der Waals surface area contributed by atoms with Crippen LogP contribution < -0.4 is 14.9 Å². The van der Waals surface area contributed by atoms with Crippen LogP contribution in [0.25, 0.3) is 0 Å². The Morgan fingerprint density at radius 3 is 2.40 bits per heavy atom. The molecule has 3 rings (SSSR count). The zero-order chi connectivity index (χ0) is 18.0. The summed E-state index contributed by atoms with van der Waals surface area (Å²) in [5.41, 5.74) is 2.58. The van der Waals surface area contributed by atoms with Crippen LogP contribution in [-0.2, 0) is 4.79 Å². The molecule has 1 amide bonds. The lowest BCUT2D eigenvalue weighted by molar-refractivity contribution is -0.385. The fraction of sp³-hybridized carbons (Fsp3) is 0.529. The maximum atomic E-state index is 12.2. The normalized spacial score (nSPS) is 24.5. The van der Waals surface area contributed by atoms with Crippen molar-refractivity contribution in [1.29, 1.82) is 0 Å². The summed E-state index contributed by atoms with van der Waals surface area (Å²) in [6, 6.07) is 2.74. The average molecular weight is 347 g/mol. The van der Waals surface area contributed by atoms with E-state index in [0.717, 1.165) is 12.8 Å². The second kappa shape index (κ2) is 7.08. The number of nitro benzene ring substituents is 1.